The predicted octanol–water partition coefficient (Wildman–Crippen LogP) is 2.26. The number of hydrogen-bond donors (Lipinski definition) is 2. The molecule has 1 aliphatic heterocycles. The third-order valence-corrected chi connectivity index (χ3v) is 4.72. The van der Waals surface area contributed by atoms with E-state index >= 15 is 0 Å². The SMILES string of the molecule is c1nnsc1NC1CCCC1C1CCCCN1. The average molecular weight is 252 g/mol. The lowest BCUT2D eigenvalue weighted by molar-refractivity contribution is 0.286. The van der Waals surface area contributed by atoms with Crippen LogP contribution in [-0.4, -0.2) is 28.2 Å². The highest BCUT2D eigenvalue weighted by Gasteiger charge is 2.34. The normalized spacial score (nSPS) is 33.8. The zero-order valence-corrected chi connectivity index (χ0v) is 10.9. The van der Waals surface area contributed by atoms with E-state index in [0.717, 1.165) is 17.0 Å². The van der Waals surface area contributed by atoms with Crippen molar-refractivity contribution in [1.82, 2.24) is 14.9 Å². The van der Waals surface area contributed by atoms with Crippen LogP contribution in [0.2, 0.25) is 0 Å². The smallest absolute Gasteiger partial charge is 0.130 e. The van der Waals surface area contributed by atoms with Crippen LogP contribution < -0.4 is 10.6 Å². The van der Waals surface area contributed by atoms with Crippen LogP contribution >= 0.6 is 11.5 Å². The number of nitrogens with zero attached hydrogens (tertiary/aromatic N) is 2. The van der Waals surface area contributed by atoms with Crippen LogP contribution in [0.15, 0.2) is 6.20 Å². The van der Waals surface area contributed by atoms with E-state index < -0.39 is 0 Å². The van der Waals surface area contributed by atoms with Gasteiger partial charge in [-0.15, -0.1) is 5.10 Å². The molecule has 1 aromatic heterocycles. The van der Waals surface area contributed by atoms with Crippen molar-refractivity contribution in [3.05, 3.63) is 6.20 Å². The zero-order valence-electron chi connectivity index (χ0n) is 10.1. The van der Waals surface area contributed by atoms with E-state index in [1.807, 2.05) is 6.20 Å². The van der Waals surface area contributed by atoms with Crippen molar-refractivity contribution in [3.63, 3.8) is 0 Å². The Hall–Kier alpha value is -0.680. The maximum Gasteiger partial charge on any atom is 0.130 e. The van der Waals surface area contributed by atoms with Gasteiger partial charge >= 0.3 is 0 Å². The molecular formula is C12H20N4S. The second kappa shape index (κ2) is 5.31. The number of anilines is 1. The molecule has 0 bridgehead atoms. The molecule has 3 unspecified atom stereocenters. The first-order valence-corrected chi connectivity index (χ1v) is 7.48. The number of piperidine rings is 1. The Morgan fingerprint density at radius 3 is 3.00 bits per heavy atom. The van der Waals surface area contributed by atoms with Crippen molar-refractivity contribution in [3.8, 4) is 0 Å². The van der Waals surface area contributed by atoms with E-state index in [1.54, 1.807) is 0 Å². The first-order chi connectivity index (χ1) is 8.43. The molecule has 3 rings (SSSR count). The summed E-state index contributed by atoms with van der Waals surface area (Å²) in [6, 6.07) is 1.34. The number of rotatable bonds is 3. The number of hydrogen-bond acceptors (Lipinski definition) is 5. The summed E-state index contributed by atoms with van der Waals surface area (Å²) in [5.74, 6) is 0.789. The molecule has 2 N–H and O–H groups in total. The standard InChI is InChI=1S/C12H20N4S/c1-2-7-13-10(5-1)9-4-3-6-11(9)15-12-8-14-16-17-12/h8-11,13,15H,1-7H2. The minimum Gasteiger partial charge on any atom is -0.371 e. The van der Waals surface area contributed by atoms with Gasteiger partial charge in [0.25, 0.3) is 0 Å². The molecule has 3 atom stereocenters. The third-order valence-electron chi connectivity index (χ3n) is 4.12. The Labute approximate surface area is 106 Å². The van der Waals surface area contributed by atoms with Crippen molar-refractivity contribution in [2.75, 3.05) is 11.9 Å². The van der Waals surface area contributed by atoms with Crippen molar-refractivity contribution in [2.45, 2.75) is 50.6 Å². The Morgan fingerprint density at radius 1 is 1.24 bits per heavy atom. The maximum atomic E-state index is 3.92. The summed E-state index contributed by atoms with van der Waals surface area (Å²) in [5, 5.41) is 12.3. The minimum atomic E-state index is 0.618. The lowest BCUT2D eigenvalue weighted by Crippen LogP contribution is -2.44. The summed E-state index contributed by atoms with van der Waals surface area (Å²) in [6.45, 7) is 1.20. The monoisotopic (exact) mass is 252 g/mol. The third kappa shape index (κ3) is 2.60. The highest BCUT2D eigenvalue weighted by molar-refractivity contribution is 7.09. The van der Waals surface area contributed by atoms with Crippen LogP contribution in [0.1, 0.15) is 38.5 Å². The molecule has 5 heteroatoms. The summed E-state index contributed by atoms with van der Waals surface area (Å²) in [5.41, 5.74) is 0. The summed E-state index contributed by atoms with van der Waals surface area (Å²) in [6.07, 6.45) is 9.94. The highest BCUT2D eigenvalue weighted by Crippen LogP contribution is 2.34. The minimum absolute atomic E-state index is 0.618. The molecule has 17 heavy (non-hydrogen) atoms. The first-order valence-electron chi connectivity index (χ1n) is 6.71. The fraction of sp³-hybridized carbons (Fsp3) is 0.833. The average Bonchev–Trinajstić information content (AvgIpc) is 3.02. The van der Waals surface area contributed by atoms with Gasteiger partial charge in [-0.3, -0.25) is 0 Å². The molecule has 0 radical (unpaired) electrons. The van der Waals surface area contributed by atoms with Crippen LogP contribution in [-0.2, 0) is 0 Å². The topological polar surface area (TPSA) is 49.8 Å². The molecule has 0 aromatic carbocycles. The number of aromatic nitrogens is 2. The molecule has 4 nitrogen and oxygen atoms in total. The Balaban J connectivity index is 1.62. The maximum absolute atomic E-state index is 3.92. The van der Waals surface area contributed by atoms with Gasteiger partial charge in [0.15, 0.2) is 0 Å². The van der Waals surface area contributed by atoms with E-state index in [-0.39, 0.29) is 0 Å². The molecule has 0 amide bonds. The summed E-state index contributed by atoms with van der Waals surface area (Å²) in [7, 11) is 0. The van der Waals surface area contributed by atoms with Gasteiger partial charge in [0.05, 0.1) is 6.20 Å². The van der Waals surface area contributed by atoms with Crippen molar-refractivity contribution < 1.29 is 0 Å². The van der Waals surface area contributed by atoms with Crippen LogP contribution in [0, 0.1) is 5.92 Å². The largest absolute Gasteiger partial charge is 0.371 e. The molecule has 2 heterocycles. The van der Waals surface area contributed by atoms with Gasteiger partial charge in [-0.1, -0.05) is 17.3 Å². The van der Waals surface area contributed by atoms with Gasteiger partial charge in [-0.25, -0.2) is 0 Å². The Morgan fingerprint density at radius 2 is 2.24 bits per heavy atom. The fourth-order valence-corrected chi connectivity index (χ4v) is 3.79. The highest BCUT2D eigenvalue weighted by atomic mass is 32.1. The molecule has 94 valence electrons. The molecule has 0 spiro atoms. The molecule has 1 aromatic rings. The summed E-state index contributed by atoms with van der Waals surface area (Å²) in [4.78, 5) is 0. The molecule has 1 saturated carbocycles. The van der Waals surface area contributed by atoms with E-state index in [4.69, 9.17) is 0 Å². The van der Waals surface area contributed by atoms with Gasteiger partial charge in [0, 0.05) is 23.6 Å². The molecule has 2 fully saturated rings. The van der Waals surface area contributed by atoms with Crippen molar-refractivity contribution in [1.29, 1.82) is 0 Å². The van der Waals surface area contributed by atoms with Crippen molar-refractivity contribution >= 4 is 16.5 Å². The van der Waals surface area contributed by atoms with Gasteiger partial charge < -0.3 is 10.6 Å². The predicted molar refractivity (Wildman–Crippen MR) is 70.3 cm³/mol. The lowest BCUT2D eigenvalue weighted by Gasteiger charge is -2.33. The van der Waals surface area contributed by atoms with E-state index in [0.29, 0.717) is 6.04 Å². The van der Waals surface area contributed by atoms with Crippen LogP contribution in [0.25, 0.3) is 0 Å². The second-order valence-electron chi connectivity index (χ2n) is 5.18. The van der Waals surface area contributed by atoms with Gasteiger partial charge in [-0.2, -0.15) is 0 Å². The van der Waals surface area contributed by atoms with E-state index in [9.17, 15) is 0 Å². The second-order valence-corrected chi connectivity index (χ2v) is 5.97. The van der Waals surface area contributed by atoms with E-state index in [2.05, 4.69) is 20.2 Å². The van der Waals surface area contributed by atoms with Gasteiger partial charge in [0.2, 0.25) is 0 Å². The number of nitrogens with one attached hydrogen (secondary N) is 2. The zero-order chi connectivity index (χ0) is 11.5. The van der Waals surface area contributed by atoms with Crippen molar-refractivity contribution in [2.24, 2.45) is 5.92 Å². The Kier molecular flexibility index (Phi) is 3.57. The summed E-state index contributed by atoms with van der Waals surface area (Å²) < 4.78 is 3.92. The van der Waals surface area contributed by atoms with E-state index in [1.165, 1.54) is 56.6 Å². The quantitative estimate of drug-likeness (QED) is 0.866. The van der Waals surface area contributed by atoms with Gasteiger partial charge in [0.1, 0.15) is 5.00 Å². The first kappa shape index (κ1) is 11.4. The lowest BCUT2D eigenvalue weighted by atomic mass is 9.88. The summed E-state index contributed by atoms with van der Waals surface area (Å²) >= 11 is 1.47. The Bertz CT molecular complexity index is 334. The van der Waals surface area contributed by atoms with Crippen LogP contribution in [0.4, 0.5) is 5.00 Å². The molecule has 1 aliphatic carbocycles. The molecular weight excluding hydrogens is 232 g/mol. The fourth-order valence-electron chi connectivity index (χ4n) is 3.31. The molecule has 2 aliphatic rings. The van der Waals surface area contributed by atoms with Crippen LogP contribution in [0.3, 0.4) is 0 Å². The molecule has 1 saturated heterocycles. The van der Waals surface area contributed by atoms with Crippen LogP contribution in [0.5, 0.6) is 0 Å². The van der Waals surface area contributed by atoms with Gasteiger partial charge in [-0.05, 0) is 38.1 Å².